The number of methoxy groups -OCH3 is 1. The predicted molar refractivity (Wildman–Crippen MR) is 131 cm³/mol. The zero-order valence-electron chi connectivity index (χ0n) is 19.6. The molecule has 1 fully saturated rings. The Hall–Kier alpha value is -2.95. The predicted octanol–water partition coefficient (Wildman–Crippen LogP) is 2.77. The first-order valence-corrected chi connectivity index (χ1v) is 12.7. The van der Waals surface area contributed by atoms with Gasteiger partial charge in [-0.1, -0.05) is 18.9 Å². The smallest absolute Gasteiger partial charge is 0.243 e. The summed E-state index contributed by atoms with van der Waals surface area (Å²) in [5, 5.41) is 5.51. The lowest BCUT2D eigenvalue weighted by Gasteiger charge is -2.20. The molecule has 1 saturated heterocycles. The van der Waals surface area contributed by atoms with E-state index in [0.717, 1.165) is 25.7 Å². The van der Waals surface area contributed by atoms with Crippen LogP contribution in [0.25, 0.3) is 0 Å². The van der Waals surface area contributed by atoms with Gasteiger partial charge in [0.05, 0.1) is 25.1 Å². The summed E-state index contributed by atoms with van der Waals surface area (Å²) >= 11 is 0. The van der Waals surface area contributed by atoms with E-state index < -0.39 is 10.0 Å². The van der Waals surface area contributed by atoms with Crippen molar-refractivity contribution in [1.82, 2.24) is 9.21 Å². The molecule has 2 N–H and O–H groups in total. The standard InChI is InChI=1S/C24H32N4O5S/c1-27(18-24(30)26-20-8-7-9-21(16-20)33-2)17-23(29)25-19-10-12-22(13-11-19)34(31,32)28-14-5-3-4-6-15-28/h7-13,16H,3-6,14-15,17-18H2,1-2H3,(H,25,29)(H,26,30). The molecule has 0 aliphatic carbocycles. The van der Waals surface area contributed by atoms with Crippen LogP contribution in [0.3, 0.4) is 0 Å². The van der Waals surface area contributed by atoms with E-state index in [9.17, 15) is 18.0 Å². The molecule has 9 nitrogen and oxygen atoms in total. The number of rotatable bonds is 9. The highest BCUT2D eigenvalue weighted by Crippen LogP contribution is 2.22. The lowest BCUT2D eigenvalue weighted by Crippen LogP contribution is -2.36. The van der Waals surface area contributed by atoms with Crippen LogP contribution >= 0.6 is 0 Å². The van der Waals surface area contributed by atoms with Crippen molar-refractivity contribution >= 4 is 33.2 Å². The van der Waals surface area contributed by atoms with E-state index in [0.29, 0.717) is 30.2 Å². The van der Waals surface area contributed by atoms with Crippen LogP contribution in [0.1, 0.15) is 25.7 Å². The summed E-state index contributed by atoms with van der Waals surface area (Å²) in [7, 11) is -0.314. The summed E-state index contributed by atoms with van der Waals surface area (Å²) in [4.78, 5) is 26.5. The third kappa shape index (κ3) is 7.28. The van der Waals surface area contributed by atoms with Gasteiger partial charge in [-0.05, 0) is 56.3 Å². The number of carbonyl (C=O) groups is 2. The topological polar surface area (TPSA) is 108 Å². The Labute approximate surface area is 201 Å². The highest BCUT2D eigenvalue weighted by Gasteiger charge is 2.25. The van der Waals surface area contributed by atoms with Crippen molar-refractivity contribution in [2.75, 3.05) is 51.0 Å². The second-order valence-electron chi connectivity index (χ2n) is 8.34. The van der Waals surface area contributed by atoms with Gasteiger partial charge in [-0.3, -0.25) is 14.5 Å². The Bertz CT molecular complexity index is 1080. The fourth-order valence-electron chi connectivity index (χ4n) is 3.79. The fourth-order valence-corrected chi connectivity index (χ4v) is 5.31. The number of hydrogen-bond donors (Lipinski definition) is 2. The number of amides is 2. The van der Waals surface area contributed by atoms with E-state index in [2.05, 4.69) is 10.6 Å². The number of hydrogen-bond acceptors (Lipinski definition) is 6. The number of anilines is 2. The molecule has 34 heavy (non-hydrogen) atoms. The van der Waals surface area contributed by atoms with E-state index in [4.69, 9.17) is 4.74 Å². The monoisotopic (exact) mass is 488 g/mol. The molecule has 0 bridgehead atoms. The van der Waals surface area contributed by atoms with Gasteiger partial charge in [-0.2, -0.15) is 4.31 Å². The van der Waals surface area contributed by atoms with Gasteiger partial charge in [0, 0.05) is 30.5 Å². The molecule has 0 saturated carbocycles. The molecule has 1 heterocycles. The van der Waals surface area contributed by atoms with E-state index in [1.54, 1.807) is 59.8 Å². The molecule has 0 aromatic heterocycles. The average molecular weight is 489 g/mol. The quantitative estimate of drug-likeness (QED) is 0.562. The van der Waals surface area contributed by atoms with Crippen LogP contribution in [-0.4, -0.2) is 69.8 Å². The molecule has 0 atom stereocenters. The minimum atomic E-state index is -3.53. The fraction of sp³-hybridized carbons (Fsp3) is 0.417. The van der Waals surface area contributed by atoms with Gasteiger partial charge in [-0.15, -0.1) is 0 Å². The molecule has 3 rings (SSSR count). The third-order valence-electron chi connectivity index (χ3n) is 5.52. The van der Waals surface area contributed by atoms with Crippen LogP contribution in [0.2, 0.25) is 0 Å². The van der Waals surface area contributed by atoms with E-state index in [1.807, 2.05) is 0 Å². The SMILES string of the molecule is COc1cccc(NC(=O)CN(C)CC(=O)Nc2ccc(S(=O)(=O)N3CCCCCC3)cc2)c1. The molecule has 10 heteroatoms. The van der Waals surface area contributed by atoms with Gasteiger partial charge >= 0.3 is 0 Å². The maximum Gasteiger partial charge on any atom is 0.243 e. The summed E-state index contributed by atoms with van der Waals surface area (Å²) in [6, 6.07) is 13.2. The lowest BCUT2D eigenvalue weighted by atomic mass is 10.2. The largest absolute Gasteiger partial charge is 0.497 e. The first kappa shape index (κ1) is 25.7. The summed E-state index contributed by atoms with van der Waals surface area (Å²) in [5.74, 6) is 0.0715. The number of ether oxygens (including phenoxy) is 1. The van der Waals surface area contributed by atoms with Gasteiger partial charge in [0.2, 0.25) is 21.8 Å². The van der Waals surface area contributed by atoms with Crippen molar-refractivity contribution in [3.63, 3.8) is 0 Å². The van der Waals surface area contributed by atoms with Crippen molar-refractivity contribution in [3.8, 4) is 5.75 Å². The van der Waals surface area contributed by atoms with E-state index in [1.165, 1.54) is 12.1 Å². The number of likely N-dealkylation sites (N-methyl/N-ethyl adjacent to an activating group) is 1. The third-order valence-corrected chi connectivity index (χ3v) is 7.43. The van der Waals surface area contributed by atoms with Crippen LogP contribution in [0.4, 0.5) is 11.4 Å². The van der Waals surface area contributed by atoms with Crippen LogP contribution < -0.4 is 15.4 Å². The second-order valence-corrected chi connectivity index (χ2v) is 10.3. The summed E-state index contributed by atoms with van der Waals surface area (Å²) in [6.45, 7) is 1.11. The van der Waals surface area contributed by atoms with Gasteiger partial charge in [0.25, 0.3) is 0 Å². The minimum Gasteiger partial charge on any atom is -0.497 e. The van der Waals surface area contributed by atoms with Crippen molar-refractivity contribution < 1.29 is 22.7 Å². The number of benzene rings is 2. The van der Waals surface area contributed by atoms with E-state index in [-0.39, 0.29) is 29.8 Å². The average Bonchev–Trinajstić information content (AvgIpc) is 3.09. The lowest BCUT2D eigenvalue weighted by molar-refractivity contribution is -0.119. The van der Waals surface area contributed by atoms with Crippen molar-refractivity contribution in [1.29, 1.82) is 0 Å². The van der Waals surface area contributed by atoms with Gasteiger partial charge in [0.1, 0.15) is 5.75 Å². The summed E-state index contributed by atoms with van der Waals surface area (Å²) in [5.41, 5.74) is 1.10. The van der Waals surface area contributed by atoms with Gasteiger partial charge < -0.3 is 15.4 Å². The summed E-state index contributed by atoms with van der Waals surface area (Å²) in [6.07, 6.45) is 3.85. The highest BCUT2D eigenvalue weighted by atomic mass is 32.2. The minimum absolute atomic E-state index is 0.000636. The van der Waals surface area contributed by atoms with Crippen LogP contribution in [0, 0.1) is 0 Å². The molecule has 0 radical (unpaired) electrons. The number of carbonyl (C=O) groups excluding carboxylic acids is 2. The Kier molecular flexibility index (Phi) is 9.03. The van der Waals surface area contributed by atoms with Crippen molar-refractivity contribution in [3.05, 3.63) is 48.5 Å². The molecule has 0 unspecified atom stereocenters. The molecule has 184 valence electrons. The Morgan fingerprint density at radius 3 is 2.09 bits per heavy atom. The number of nitrogens with zero attached hydrogens (tertiary/aromatic N) is 2. The Morgan fingerprint density at radius 2 is 1.50 bits per heavy atom. The maximum absolute atomic E-state index is 12.9. The Morgan fingerprint density at radius 1 is 0.912 bits per heavy atom. The molecule has 0 spiro atoms. The zero-order chi connectivity index (χ0) is 24.6. The van der Waals surface area contributed by atoms with Crippen molar-refractivity contribution in [2.45, 2.75) is 30.6 Å². The zero-order valence-corrected chi connectivity index (χ0v) is 20.4. The maximum atomic E-state index is 12.9. The summed E-state index contributed by atoms with van der Waals surface area (Å²) < 4.78 is 32.4. The first-order valence-electron chi connectivity index (χ1n) is 11.3. The van der Waals surface area contributed by atoms with Crippen LogP contribution in [0.15, 0.2) is 53.4 Å². The molecule has 1 aliphatic rings. The number of sulfonamides is 1. The number of nitrogens with one attached hydrogen (secondary N) is 2. The molecule has 2 aromatic carbocycles. The molecular formula is C24H32N4O5S. The van der Waals surface area contributed by atoms with Gasteiger partial charge in [-0.25, -0.2) is 8.42 Å². The van der Waals surface area contributed by atoms with Crippen LogP contribution in [-0.2, 0) is 19.6 Å². The van der Waals surface area contributed by atoms with E-state index >= 15 is 0 Å². The molecule has 1 aliphatic heterocycles. The van der Waals surface area contributed by atoms with Gasteiger partial charge in [0.15, 0.2) is 0 Å². The molecular weight excluding hydrogens is 456 g/mol. The molecule has 2 aromatic rings. The van der Waals surface area contributed by atoms with Crippen LogP contribution in [0.5, 0.6) is 5.75 Å². The first-order chi connectivity index (χ1) is 16.3. The normalized spacial score (nSPS) is 14.9. The molecule has 2 amide bonds. The second kappa shape index (κ2) is 12.0. The van der Waals surface area contributed by atoms with Crippen molar-refractivity contribution in [2.24, 2.45) is 0 Å². The highest BCUT2D eigenvalue weighted by molar-refractivity contribution is 7.89. The Balaban J connectivity index is 1.49.